The Morgan fingerprint density at radius 2 is 1.78 bits per heavy atom. The minimum atomic E-state index is 0.425. The largest absolute Gasteiger partial charge is 0.368 e. The standard InChI is InChI=1S/C25H28N6S/c1-18(31-13-11-30(2)12-14-31)15-27-24-22-21(19-7-4-3-5-8-19)17-32-25(22)29-23(28-24)20-9-6-10-26-16-20/h3-10,16-18H,11-15H2,1-2H3,(H,27,28,29). The number of benzene rings is 1. The van der Waals surface area contributed by atoms with Gasteiger partial charge in [-0.2, -0.15) is 0 Å². The first kappa shape index (κ1) is 21.0. The summed E-state index contributed by atoms with van der Waals surface area (Å²) in [5, 5.41) is 6.97. The number of anilines is 1. The monoisotopic (exact) mass is 444 g/mol. The third-order valence-corrected chi connectivity index (χ3v) is 7.04. The molecule has 0 radical (unpaired) electrons. The molecule has 0 amide bonds. The molecule has 1 fully saturated rings. The van der Waals surface area contributed by atoms with Gasteiger partial charge in [-0.3, -0.25) is 9.88 Å². The molecule has 7 heteroatoms. The normalized spacial score (nSPS) is 16.3. The van der Waals surface area contributed by atoms with Gasteiger partial charge in [-0.05, 0) is 31.7 Å². The summed E-state index contributed by atoms with van der Waals surface area (Å²) in [5.74, 6) is 1.61. The molecule has 1 aliphatic rings. The maximum Gasteiger partial charge on any atom is 0.164 e. The van der Waals surface area contributed by atoms with E-state index in [-0.39, 0.29) is 0 Å². The minimum absolute atomic E-state index is 0.425. The number of hydrogen-bond acceptors (Lipinski definition) is 7. The topological polar surface area (TPSA) is 57.2 Å². The quantitative estimate of drug-likeness (QED) is 0.474. The summed E-state index contributed by atoms with van der Waals surface area (Å²) in [5.41, 5.74) is 3.30. The molecule has 0 saturated carbocycles. The number of piperazine rings is 1. The summed E-state index contributed by atoms with van der Waals surface area (Å²) in [7, 11) is 2.19. The fourth-order valence-electron chi connectivity index (χ4n) is 4.16. The Bertz CT molecular complexity index is 1170. The van der Waals surface area contributed by atoms with Crippen molar-refractivity contribution in [3.8, 4) is 22.5 Å². The van der Waals surface area contributed by atoms with E-state index in [1.54, 1.807) is 17.5 Å². The molecule has 1 unspecified atom stereocenters. The molecule has 0 spiro atoms. The lowest BCUT2D eigenvalue weighted by molar-refractivity contribution is 0.123. The third kappa shape index (κ3) is 4.37. The van der Waals surface area contributed by atoms with Gasteiger partial charge >= 0.3 is 0 Å². The van der Waals surface area contributed by atoms with Crippen molar-refractivity contribution in [2.24, 2.45) is 0 Å². The molecule has 0 bridgehead atoms. The van der Waals surface area contributed by atoms with E-state index in [0.717, 1.165) is 54.3 Å². The number of nitrogens with one attached hydrogen (secondary N) is 1. The van der Waals surface area contributed by atoms with Crippen molar-refractivity contribution >= 4 is 27.4 Å². The highest BCUT2D eigenvalue weighted by atomic mass is 32.1. The van der Waals surface area contributed by atoms with E-state index in [0.29, 0.717) is 11.9 Å². The van der Waals surface area contributed by atoms with Crippen LogP contribution in [-0.2, 0) is 0 Å². The summed E-state index contributed by atoms with van der Waals surface area (Å²) in [6, 6.07) is 14.9. The van der Waals surface area contributed by atoms with Crippen molar-refractivity contribution in [1.82, 2.24) is 24.8 Å². The Kier molecular flexibility index (Phi) is 6.12. The van der Waals surface area contributed by atoms with Crippen LogP contribution in [0.25, 0.3) is 32.7 Å². The average Bonchev–Trinajstić information content (AvgIpc) is 3.28. The minimum Gasteiger partial charge on any atom is -0.368 e. The lowest BCUT2D eigenvalue weighted by Gasteiger charge is -2.36. The van der Waals surface area contributed by atoms with Crippen LogP contribution in [0.3, 0.4) is 0 Å². The van der Waals surface area contributed by atoms with Crippen LogP contribution >= 0.6 is 11.3 Å². The lowest BCUT2D eigenvalue weighted by atomic mass is 10.1. The molecule has 3 aromatic heterocycles. The highest BCUT2D eigenvalue weighted by Crippen LogP contribution is 2.38. The second-order valence-corrected chi connectivity index (χ2v) is 9.26. The Morgan fingerprint density at radius 1 is 1.00 bits per heavy atom. The van der Waals surface area contributed by atoms with Crippen LogP contribution in [0.15, 0.2) is 60.2 Å². The van der Waals surface area contributed by atoms with E-state index in [9.17, 15) is 0 Å². The smallest absolute Gasteiger partial charge is 0.164 e. The van der Waals surface area contributed by atoms with Crippen molar-refractivity contribution in [3.05, 3.63) is 60.2 Å². The average molecular weight is 445 g/mol. The fraction of sp³-hybridized carbons (Fsp3) is 0.320. The molecular weight excluding hydrogens is 416 g/mol. The van der Waals surface area contributed by atoms with Crippen LogP contribution in [0, 0.1) is 0 Å². The second kappa shape index (κ2) is 9.32. The SMILES string of the molecule is CC(CNc1nc(-c2cccnc2)nc2scc(-c3ccccc3)c12)N1CCN(C)CC1. The van der Waals surface area contributed by atoms with Gasteiger partial charge in [0.05, 0.1) is 5.39 Å². The van der Waals surface area contributed by atoms with Gasteiger partial charge in [0.25, 0.3) is 0 Å². The fourth-order valence-corrected chi connectivity index (χ4v) is 5.11. The molecule has 6 nitrogen and oxygen atoms in total. The van der Waals surface area contributed by atoms with Gasteiger partial charge in [-0.15, -0.1) is 11.3 Å². The maximum absolute atomic E-state index is 4.98. The van der Waals surface area contributed by atoms with E-state index >= 15 is 0 Å². The van der Waals surface area contributed by atoms with Crippen molar-refractivity contribution in [1.29, 1.82) is 0 Å². The van der Waals surface area contributed by atoms with Gasteiger partial charge in [0.2, 0.25) is 0 Å². The molecule has 1 atom stereocenters. The highest BCUT2D eigenvalue weighted by Gasteiger charge is 2.21. The summed E-state index contributed by atoms with van der Waals surface area (Å²) in [6.07, 6.45) is 3.60. The molecule has 4 aromatic rings. The molecule has 0 aliphatic carbocycles. The van der Waals surface area contributed by atoms with Crippen molar-refractivity contribution in [2.75, 3.05) is 45.1 Å². The van der Waals surface area contributed by atoms with Crippen LogP contribution in [0.1, 0.15) is 6.92 Å². The molecule has 4 heterocycles. The van der Waals surface area contributed by atoms with Crippen molar-refractivity contribution in [2.45, 2.75) is 13.0 Å². The lowest BCUT2D eigenvalue weighted by Crippen LogP contribution is -2.49. The summed E-state index contributed by atoms with van der Waals surface area (Å²) < 4.78 is 0. The first-order valence-electron chi connectivity index (χ1n) is 11.1. The zero-order valence-electron chi connectivity index (χ0n) is 18.5. The van der Waals surface area contributed by atoms with Gasteiger partial charge in [0.15, 0.2) is 5.82 Å². The molecule has 5 rings (SSSR count). The third-order valence-electron chi connectivity index (χ3n) is 6.16. The van der Waals surface area contributed by atoms with Gasteiger partial charge < -0.3 is 10.2 Å². The van der Waals surface area contributed by atoms with Gasteiger partial charge in [-0.1, -0.05) is 30.3 Å². The number of rotatable bonds is 6. The van der Waals surface area contributed by atoms with E-state index < -0.39 is 0 Å². The predicted octanol–water partition coefficient (Wildman–Crippen LogP) is 4.47. The van der Waals surface area contributed by atoms with Crippen LogP contribution in [0.2, 0.25) is 0 Å². The van der Waals surface area contributed by atoms with Gasteiger partial charge in [-0.25, -0.2) is 9.97 Å². The highest BCUT2D eigenvalue weighted by molar-refractivity contribution is 7.17. The zero-order valence-corrected chi connectivity index (χ0v) is 19.3. The van der Waals surface area contributed by atoms with E-state index in [4.69, 9.17) is 9.97 Å². The number of pyridine rings is 1. The van der Waals surface area contributed by atoms with Gasteiger partial charge in [0, 0.05) is 67.7 Å². The maximum atomic E-state index is 4.98. The van der Waals surface area contributed by atoms with Crippen LogP contribution < -0.4 is 5.32 Å². The van der Waals surface area contributed by atoms with Gasteiger partial charge in [0.1, 0.15) is 10.6 Å². The number of aromatic nitrogens is 3. The van der Waals surface area contributed by atoms with E-state index in [1.807, 2.05) is 24.4 Å². The summed E-state index contributed by atoms with van der Waals surface area (Å²) in [4.78, 5) is 20.1. The molecule has 164 valence electrons. The first-order chi connectivity index (χ1) is 15.7. The Balaban J connectivity index is 1.50. The summed E-state index contributed by atoms with van der Waals surface area (Å²) >= 11 is 1.67. The summed E-state index contributed by atoms with van der Waals surface area (Å²) in [6.45, 7) is 7.59. The van der Waals surface area contributed by atoms with Crippen LogP contribution in [-0.4, -0.2) is 70.6 Å². The van der Waals surface area contributed by atoms with Crippen LogP contribution in [0.5, 0.6) is 0 Å². The molecule has 1 aliphatic heterocycles. The predicted molar refractivity (Wildman–Crippen MR) is 133 cm³/mol. The Hall–Kier alpha value is -2.87. The van der Waals surface area contributed by atoms with Crippen LogP contribution in [0.4, 0.5) is 5.82 Å². The van der Waals surface area contributed by atoms with Crippen molar-refractivity contribution in [3.63, 3.8) is 0 Å². The van der Waals surface area contributed by atoms with E-state index in [2.05, 4.69) is 63.7 Å². The molecule has 1 aromatic carbocycles. The molecule has 1 N–H and O–H groups in total. The second-order valence-electron chi connectivity index (χ2n) is 8.40. The number of hydrogen-bond donors (Lipinski definition) is 1. The Morgan fingerprint density at radius 3 is 2.53 bits per heavy atom. The molecule has 1 saturated heterocycles. The number of nitrogens with zero attached hydrogens (tertiary/aromatic N) is 5. The number of fused-ring (bicyclic) bond motifs is 1. The van der Waals surface area contributed by atoms with Crippen molar-refractivity contribution < 1.29 is 0 Å². The first-order valence-corrected chi connectivity index (χ1v) is 12.0. The zero-order chi connectivity index (χ0) is 21.9. The van der Waals surface area contributed by atoms with E-state index in [1.165, 1.54) is 11.1 Å². The molecular formula is C25H28N6S. The molecule has 32 heavy (non-hydrogen) atoms. The number of thiophene rings is 1. The number of likely N-dealkylation sites (N-methyl/N-ethyl adjacent to an activating group) is 1. The Labute approximate surface area is 193 Å².